The number of aromatic nitrogens is 4. The van der Waals surface area contributed by atoms with Crippen molar-refractivity contribution < 1.29 is 13.2 Å². The zero-order chi connectivity index (χ0) is 23.0. The lowest BCUT2D eigenvalue weighted by molar-refractivity contribution is 0.310. The predicted octanol–water partition coefficient (Wildman–Crippen LogP) is 2.23. The van der Waals surface area contributed by atoms with Gasteiger partial charge in [0.15, 0.2) is 9.84 Å². The second-order valence-electron chi connectivity index (χ2n) is 8.29. The lowest BCUT2D eigenvalue weighted by Crippen LogP contribution is -2.32. The number of fused-ring (bicyclic) bond motifs is 2. The number of nitrogens with zero attached hydrogens (tertiary/aromatic N) is 5. The Balaban J connectivity index is 1.33. The van der Waals surface area contributed by atoms with Gasteiger partial charge in [0.25, 0.3) is 0 Å². The van der Waals surface area contributed by atoms with Crippen LogP contribution in [-0.2, 0) is 28.6 Å². The van der Waals surface area contributed by atoms with Gasteiger partial charge in [-0.2, -0.15) is 0 Å². The molecule has 3 aromatic heterocycles. The molecule has 5 heterocycles. The molecule has 0 aromatic carbocycles. The van der Waals surface area contributed by atoms with Crippen LogP contribution in [-0.4, -0.2) is 54.3 Å². The molecule has 0 atom stereocenters. The van der Waals surface area contributed by atoms with Crippen molar-refractivity contribution >= 4 is 32.8 Å². The molecule has 11 heteroatoms. The Morgan fingerprint density at radius 1 is 1.18 bits per heavy atom. The minimum absolute atomic E-state index is 0.0862. The second kappa shape index (κ2) is 8.47. The van der Waals surface area contributed by atoms with Crippen molar-refractivity contribution in [2.24, 2.45) is 0 Å². The van der Waals surface area contributed by atoms with Crippen LogP contribution in [0.4, 0.5) is 23.0 Å². The topological polar surface area (TPSA) is 122 Å². The Hall–Kier alpha value is -3.47. The Morgan fingerprint density at radius 3 is 2.85 bits per heavy atom. The van der Waals surface area contributed by atoms with E-state index in [0.717, 1.165) is 47.7 Å². The van der Waals surface area contributed by atoms with E-state index in [0.29, 0.717) is 36.4 Å². The molecule has 0 bridgehead atoms. The van der Waals surface area contributed by atoms with E-state index >= 15 is 0 Å². The van der Waals surface area contributed by atoms with Crippen LogP contribution in [0.2, 0.25) is 0 Å². The molecule has 0 aliphatic carbocycles. The third kappa shape index (κ3) is 4.68. The van der Waals surface area contributed by atoms with E-state index in [2.05, 4.69) is 37.4 Å². The molecule has 33 heavy (non-hydrogen) atoms. The van der Waals surface area contributed by atoms with Gasteiger partial charge in [-0.25, -0.2) is 23.4 Å². The average molecular weight is 468 g/mol. The number of hydrogen-bond acceptors (Lipinski definition) is 10. The lowest BCUT2D eigenvalue weighted by Gasteiger charge is -2.32. The monoisotopic (exact) mass is 467 g/mol. The third-order valence-corrected chi connectivity index (χ3v) is 6.52. The first-order valence-corrected chi connectivity index (χ1v) is 12.8. The standard InChI is InChI=1S/C22H25N7O3S/c1-14-19(11-25-21-20(14)23-6-8-32-21)29-7-5-15-9-26-22(28-18(15)12-29)27-16-3-4-17(24-10-16)13-33(2,30)31/h3-4,9-11,23H,5-8,12-13H2,1-2H3,(H,26,27,28). The number of pyridine rings is 2. The molecule has 0 spiro atoms. The fraction of sp³-hybridized carbons (Fsp3) is 0.364. The molecule has 10 nitrogen and oxygen atoms in total. The number of nitrogens with one attached hydrogen (secondary N) is 2. The van der Waals surface area contributed by atoms with E-state index < -0.39 is 9.84 Å². The minimum Gasteiger partial charge on any atom is -0.474 e. The summed E-state index contributed by atoms with van der Waals surface area (Å²) in [5.41, 5.74) is 6.43. The summed E-state index contributed by atoms with van der Waals surface area (Å²) in [6.07, 6.45) is 7.36. The van der Waals surface area contributed by atoms with Crippen LogP contribution < -0.4 is 20.3 Å². The third-order valence-electron chi connectivity index (χ3n) is 5.70. The first kappa shape index (κ1) is 21.4. The van der Waals surface area contributed by atoms with Crippen molar-refractivity contribution in [2.45, 2.75) is 25.6 Å². The van der Waals surface area contributed by atoms with Gasteiger partial charge in [0.05, 0.1) is 47.5 Å². The van der Waals surface area contributed by atoms with Crippen molar-refractivity contribution in [3.63, 3.8) is 0 Å². The van der Waals surface area contributed by atoms with E-state index in [1.807, 2.05) is 12.4 Å². The Bertz CT molecular complexity index is 1300. The molecule has 2 N–H and O–H groups in total. The molecule has 5 rings (SSSR count). The fourth-order valence-electron chi connectivity index (χ4n) is 4.08. The van der Waals surface area contributed by atoms with Gasteiger partial charge >= 0.3 is 0 Å². The van der Waals surface area contributed by atoms with Crippen LogP contribution in [0.25, 0.3) is 0 Å². The van der Waals surface area contributed by atoms with E-state index in [4.69, 9.17) is 9.72 Å². The van der Waals surface area contributed by atoms with Crippen LogP contribution in [0, 0.1) is 6.92 Å². The van der Waals surface area contributed by atoms with Crippen molar-refractivity contribution in [1.82, 2.24) is 19.9 Å². The van der Waals surface area contributed by atoms with Gasteiger partial charge in [-0.15, -0.1) is 0 Å². The zero-order valence-corrected chi connectivity index (χ0v) is 19.3. The summed E-state index contributed by atoms with van der Waals surface area (Å²) in [5, 5.41) is 6.55. The highest BCUT2D eigenvalue weighted by molar-refractivity contribution is 7.89. The van der Waals surface area contributed by atoms with E-state index in [9.17, 15) is 8.42 Å². The summed E-state index contributed by atoms with van der Waals surface area (Å²) in [5.74, 6) is 1.05. The Morgan fingerprint density at radius 2 is 2.06 bits per heavy atom. The largest absolute Gasteiger partial charge is 0.474 e. The first-order valence-electron chi connectivity index (χ1n) is 10.7. The quantitative estimate of drug-likeness (QED) is 0.577. The number of ether oxygens (including phenoxy) is 1. The van der Waals surface area contributed by atoms with Crippen LogP contribution in [0.3, 0.4) is 0 Å². The number of sulfone groups is 1. The van der Waals surface area contributed by atoms with Gasteiger partial charge in [-0.1, -0.05) is 0 Å². The van der Waals surface area contributed by atoms with Crippen molar-refractivity contribution in [1.29, 1.82) is 0 Å². The van der Waals surface area contributed by atoms with Crippen LogP contribution in [0.15, 0.2) is 30.7 Å². The van der Waals surface area contributed by atoms with Crippen molar-refractivity contribution in [3.05, 3.63) is 53.2 Å². The van der Waals surface area contributed by atoms with Crippen molar-refractivity contribution in [3.8, 4) is 5.88 Å². The molecular formula is C22H25N7O3S. The molecule has 0 amide bonds. The maximum absolute atomic E-state index is 11.4. The van der Waals surface area contributed by atoms with E-state index in [1.54, 1.807) is 18.3 Å². The van der Waals surface area contributed by atoms with Gasteiger partial charge in [-0.3, -0.25) is 4.98 Å². The molecule has 2 aliphatic rings. The molecule has 3 aromatic rings. The van der Waals surface area contributed by atoms with E-state index in [-0.39, 0.29) is 5.75 Å². The van der Waals surface area contributed by atoms with Crippen LogP contribution >= 0.6 is 0 Å². The van der Waals surface area contributed by atoms with Gasteiger partial charge in [0.2, 0.25) is 11.8 Å². The van der Waals surface area contributed by atoms with Gasteiger partial charge in [0, 0.05) is 31.1 Å². The van der Waals surface area contributed by atoms with Gasteiger partial charge in [0.1, 0.15) is 12.3 Å². The minimum atomic E-state index is -3.12. The van der Waals surface area contributed by atoms with Gasteiger partial charge in [-0.05, 0) is 31.0 Å². The summed E-state index contributed by atoms with van der Waals surface area (Å²) >= 11 is 0. The summed E-state index contributed by atoms with van der Waals surface area (Å²) in [4.78, 5) is 20.2. The Labute approximate surface area is 192 Å². The summed E-state index contributed by atoms with van der Waals surface area (Å²) in [7, 11) is -3.12. The second-order valence-corrected chi connectivity index (χ2v) is 10.4. The number of hydrogen-bond donors (Lipinski definition) is 2. The zero-order valence-electron chi connectivity index (χ0n) is 18.5. The normalized spacial score (nSPS) is 15.2. The summed E-state index contributed by atoms with van der Waals surface area (Å²) in [6.45, 7) is 4.99. The first-order chi connectivity index (χ1) is 15.9. The average Bonchev–Trinajstić information content (AvgIpc) is 2.79. The predicted molar refractivity (Wildman–Crippen MR) is 126 cm³/mol. The summed E-state index contributed by atoms with van der Waals surface area (Å²) in [6, 6.07) is 3.47. The summed E-state index contributed by atoms with van der Waals surface area (Å²) < 4.78 is 28.5. The highest BCUT2D eigenvalue weighted by Gasteiger charge is 2.24. The smallest absolute Gasteiger partial charge is 0.237 e. The number of rotatable bonds is 5. The van der Waals surface area contributed by atoms with E-state index in [1.165, 1.54) is 6.26 Å². The molecule has 0 fully saturated rings. The van der Waals surface area contributed by atoms with Crippen molar-refractivity contribution in [2.75, 3.05) is 41.5 Å². The van der Waals surface area contributed by atoms with Gasteiger partial charge < -0.3 is 20.3 Å². The molecule has 2 aliphatic heterocycles. The maximum Gasteiger partial charge on any atom is 0.237 e. The molecule has 0 radical (unpaired) electrons. The SMILES string of the molecule is Cc1c(N2CCc3cnc(Nc4ccc(CS(C)(=O)=O)nc4)nc3C2)cnc2c1NCCO2. The molecule has 0 saturated heterocycles. The van der Waals surface area contributed by atoms with Crippen LogP contribution in [0.1, 0.15) is 22.5 Å². The molecule has 0 saturated carbocycles. The lowest BCUT2D eigenvalue weighted by atomic mass is 10.0. The van der Waals surface area contributed by atoms with Crippen LogP contribution in [0.5, 0.6) is 5.88 Å². The highest BCUT2D eigenvalue weighted by Crippen LogP contribution is 2.36. The molecular weight excluding hydrogens is 442 g/mol. The Kier molecular flexibility index (Phi) is 5.49. The maximum atomic E-state index is 11.4. The number of anilines is 4. The molecule has 0 unspecified atom stereocenters. The highest BCUT2D eigenvalue weighted by atomic mass is 32.2. The molecule has 172 valence electrons. The fourth-order valence-corrected chi connectivity index (χ4v) is 4.79.